The van der Waals surface area contributed by atoms with Crippen LogP contribution in [0.4, 0.5) is 4.79 Å². The number of alkyl carbamates (subject to hydrolysis) is 1. The largest absolute Gasteiger partial charge is 0.481 e. The van der Waals surface area contributed by atoms with Gasteiger partial charge in [0.2, 0.25) is 5.91 Å². The number of hydrogen-bond acceptors (Lipinski definition) is 4. The molecule has 0 bridgehead atoms. The van der Waals surface area contributed by atoms with E-state index in [-0.39, 0.29) is 49.9 Å². The number of carboxylic acid groups (broad SMARTS) is 1. The van der Waals surface area contributed by atoms with Gasteiger partial charge in [-0.15, -0.1) is 0 Å². The number of carbonyl (C=O) groups is 3. The van der Waals surface area contributed by atoms with Gasteiger partial charge < -0.3 is 20.1 Å². The van der Waals surface area contributed by atoms with Crippen molar-refractivity contribution in [2.24, 2.45) is 17.3 Å². The molecule has 2 aromatic rings. The molecule has 3 aliphatic rings. The number of aliphatic carboxylic acids is 1. The third kappa shape index (κ3) is 4.17. The van der Waals surface area contributed by atoms with Crippen molar-refractivity contribution in [1.82, 2.24) is 10.2 Å². The summed E-state index contributed by atoms with van der Waals surface area (Å²) >= 11 is 0. The number of fused-ring (bicyclic) bond motifs is 3. The number of hydrogen-bond donors (Lipinski definition) is 2. The number of likely N-dealkylation sites (tertiary alicyclic amines) is 1. The van der Waals surface area contributed by atoms with Crippen molar-refractivity contribution < 1.29 is 24.2 Å². The molecule has 1 saturated carbocycles. The summed E-state index contributed by atoms with van der Waals surface area (Å²) in [6, 6.07) is 16.4. The van der Waals surface area contributed by atoms with Crippen molar-refractivity contribution >= 4 is 18.0 Å². The first-order chi connectivity index (χ1) is 16.9. The Labute approximate surface area is 205 Å². The molecule has 1 heterocycles. The zero-order chi connectivity index (χ0) is 24.6. The minimum Gasteiger partial charge on any atom is -0.481 e. The topological polar surface area (TPSA) is 95.9 Å². The van der Waals surface area contributed by atoms with Gasteiger partial charge in [-0.2, -0.15) is 0 Å². The fourth-order valence-corrected chi connectivity index (χ4v) is 5.73. The highest BCUT2D eigenvalue weighted by atomic mass is 16.5. The van der Waals surface area contributed by atoms with Gasteiger partial charge in [-0.1, -0.05) is 61.9 Å². The van der Waals surface area contributed by atoms with Crippen molar-refractivity contribution in [3.63, 3.8) is 0 Å². The summed E-state index contributed by atoms with van der Waals surface area (Å²) < 4.78 is 5.63. The summed E-state index contributed by atoms with van der Waals surface area (Å²) in [6.45, 7) is 2.77. The lowest BCUT2D eigenvalue weighted by atomic mass is 9.72. The summed E-state index contributed by atoms with van der Waals surface area (Å²) in [7, 11) is 0. The maximum absolute atomic E-state index is 13.2. The molecule has 0 aromatic heterocycles. The summed E-state index contributed by atoms with van der Waals surface area (Å²) in [5.41, 5.74) is 3.82. The first kappa shape index (κ1) is 23.4. The quantitative estimate of drug-likeness (QED) is 0.593. The van der Waals surface area contributed by atoms with E-state index in [1.54, 1.807) is 4.90 Å². The second kappa shape index (κ2) is 9.36. The number of rotatable bonds is 8. The van der Waals surface area contributed by atoms with Crippen LogP contribution >= 0.6 is 0 Å². The summed E-state index contributed by atoms with van der Waals surface area (Å²) in [4.78, 5) is 39.1. The van der Waals surface area contributed by atoms with Crippen LogP contribution in [0.25, 0.3) is 11.1 Å². The van der Waals surface area contributed by atoms with Crippen LogP contribution in [0.1, 0.15) is 49.7 Å². The van der Waals surface area contributed by atoms with Gasteiger partial charge in [0.1, 0.15) is 12.0 Å². The Kier molecular flexibility index (Phi) is 6.26. The maximum atomic E-state index is 13.2. The zero-order valence-corrected chi connectivity index (χ0v) is 20.0. The fourth-order valence-electron chi connectivity index (χ4n) is 5.73. The van der Waals surface area contributed by atoms with Gasteiger partial charge in [0.15, 0.2) is 0 Å². The molecule has 0 spiro atoms. The lowest BCUT2D eigenvalue weighted by molar-refractivity contribution is -0.169. The average molecular weight is 477 g/mol. The van der Waals surface area contributed by atoms with Crippen molar-refractivity contribution in [2.75, 3.05) is 26.2 Å². The molecule has 35 heavy (non-hydrogen) atoms. The van der Waals surface area contributed by atoms with Gasteiger partial charge in [0.25, 0.3) is 0 Å². The van der Waals surface area contributed by atoms with Crippen LogP contribution in [0, 0.1) is 17.3 Å². The van der Waals surface area contributed by atoms with Crippen LogP contribution in [0.15, 0.2) is 48.5 Å². The number of ether oxygens (including phenoxy) is 1. The molecule has 1 atom stereocenters. The standard InChI is InChI=1S/C28H32N2O5/c1-2-28(26(32)33)16-30(17-28)25(31)23(18-8-7-9-18)14-29-27(34)35-15-24-21-12-5-3-10-19(21)20-11-4-6-13-22(20)24/h3-6,10-13,18,23-24H,2,7-9,14-17H2,1H3,(H,29,34)(H,32,33). The summed E-state index contributed by atoms with van der Waals surface area (Å²) in [5.74, 6) is -1.04. The van der Waals surface area contributed by atoms with E-state index in [0.29, 0.717) is 6.42 Å². The molecule has 2 aliphatic carbocycles. The molecule has 2 fully saturated rings. The lowest BCUT2D eigenvalue weighted by Crippen LogP contribution is -2.64. The molecular formula is C28H32N2O5. The highest BCUT2D eigenvalue weighted by Crippen LogP contribution is 2.44. The van der Waals surface area contributed by atoms with Crippen LogP contribution in [0.3, 0.4) is 0 Å². The van der Waals surface area contributed by atoms with E-state index in [1.807, 2.05) is 31.2 Å². The first-order valence-corrected chi connectivity index (χ1v) is 12.5. The van der Waals surface area contributed by atoms with Gasteiger partial charge in [0.05, 0.1) is 5.92 Å². The molecular weight excluding hydrogens is 444 g/mol. The normalized spacial score (nSPS) is 19.1. The summed E-state index contributed by atoms with van der Waals surface area (Å²) in [6.07, 6.45) is 2.95. The number of carboxylic acids is 1. The van der Waals surface area contributed by atoms with E-state index < -0.39 is 17.5 Å². The van der Waals surface area contributed by atoms with Gasteiger partial charge in [-0.05, 0) is 47.4 Å². The molecule has 0 radical (unpaired) electrons. The SMILES string of the molecule is CCC1(C(=O)O)CN(C(=O)C(CNC(=O)OCC2c3ccccc3-c3ccccc32)C2CCC2)C1. The predicted molar refractivity (Wildman–Crippen MR) is 131 cm³/mol. The minimum atomic E-state index is -0.846. The molecule has 1 aliphatic heterocycles. The predicted octanol–water partition coefficient (Wildman–Crippen LogP) is 4.26. The Bertz CT molecular complexity index is 1090. The van der Waals surface area contributed by atoms with E-state index in [2.05, 4.69) is 29.6 Å². The van der Waals surface area contributed by atoms with Crippen molar-refractivity contribution in [3.05, 3.63) is 59.7 Å². The monoisotopic (exact) mass is 476 g/mol. The molecule has 184 valence electrons. The maximum Gasteiger partial charge on any atom is 0.407 e. The molecule has 1 saturated heterocycles. The van der Waals surface area contributed by atoms with Crippen molar-refractivity contribution in [1.29, 1.82) is 0 Å². The Morgan fingerprint density at radius 1 is 1.06 bits per heavy atom. The van der Waals surface area contributed by atoms with Gasteiger partial charge in [-0.3, -0.25) is 9.59 Å². The lowest BCUT2D eigenvalue weighted by Gasteiger charge is -2.49. The minimum absolute atomic E-state index is 0.0171. The van der Waals surface area contributed by atoms with Crippen LogP contribution in [0.2, 0.25) is 0 Å². The van der Waals surface area contributed by atoms with Crippen molar-refractivity contribution in [2.45, 2.75) is 38.5 Å². The van der Waals surface area contributed by atoms with Crippen molar-refractivity contribution in [3.8, 4) is 11.1 Å². The van der Waals surface area contributed by atoms with Crippen LogP contribution < -0.4 is 5.32 Å². The average Bonchev–Trinajstić information content (AvgIpc) is 3.12. The van der Waals surface area contributed by atoms with E-state index in [4.69, 9.17) is 4.74 Å². The van der Waals surface area contributed by atoms with Gasteiger partial charge in [-0.25, -0.2) is 4.79 Å². The van der Waals surface area contributed by atoms with Gasteiger partial charge in [0, 0.05) is 25.6 Å². The highest BCUT2D eigenvalue weighted by Gasteiger charge is 2.51. The second-order valence-electron chi connectivity index (χ2n) is 10.1. The van der Waals surface area contributed by atoms with E-state index in [1.165, 1.54) is 11.1 Å². The number of carbonyl (C=O) groups excluding carboxylic acids is 2. The second-order valence-corrected chi connectivity index (χ2v) is 10.1. The molecule has 2 aromatic carbocycles. The van der Waals surface area contributed by atoms with Gasteiger partial charge >= 0.3 is 12.1 Å². The highest BCUT2D eigenvalue weighted by molar-refractivity contribution is 5.85. The molecule has 7 nitrogen and oxygen atoms in total. The smallest absolute Gasteiger partial charge is 0.407 e. The Hall–Kier alpha value is -3.35. The van der Waals surface area contributed by atoms with E-state index in [0.717, 1.165) is 30.4 Å². The third-order valence-electron chi connectivity index (χ3n) is 8.28. The molecule has 2 amide bonds. The Morgan fingerprint density at radius 2 is 1.66 bits per heavy atom. The third-order valence-corrected chi connectivity index (χ3v) is 8.28. The molecule has 5 rings (SSSR count). The van der Waals surface area contributed by atoms with Crippen LogP contribution in [0.5, 0.6) is 0 Å². The van der Waals surface area contributed by atoms with Crippen LogP contribution in [-0.2, 0) is 14.3 Å². The number of nitrogens with one attached hydrogen (secondary N) is 1. The van der Waals surface area contributed by atoms with Crippen LogP contribution in [-0.4, -0.2) is 54.2 Å². The van der Waals surface area contributed by atoms with E-state index in [9.17, 15) is 19.5 Å². The Morgan fingerprint density at radius 3 is 2.17 bits per heavy atom. The number of nitrogens with zero attached hydrogens (tertiary/aromatic N) is 1. The van der Waals surface area contributed by atoms with E-state index >= 15 is 0 Å². The Balaban J connectivity index is 1.18. The molecule has 7 heteroatoms. The fraction of sp³-hybridized carbons (Fsp3) is 0.464. The molecule has 1 unspecified atom stereocenters. The first-order valence-electron chi connectivity index (χ1n) is 12.5. The zero-order valence-electron chi connectivity index (χ0n) is 20.0. The number of amides is 2. The summed E-state index contributed by atoms with van der Waals surface area (Å²) in [5, 5.41) is 12.3. The number of benzene rings is 2. The molecule has 2 N–H and O–H groups in total.